The van der Waals surface area contributed by atoms with Crippen LogP contribution in [-0.4, -0.2) is 29.1 Å². The SMILES string of the molecule is C/C(CC(=O)Nc1cc([N+](=O)[O-])ccc1Cl)=N\NC(=O)COc1ccccc1. The summed E-state index contributed by atoms with van der Waals surface area (Å²) in [7, 11) is 0. The monoisotopic (exact) mass is 404 g/mol. The first-order valence-corrected chi connectivity index (χ1v) is 8.46. The van der Waals surface area contributed by atoms with Gasteiger partial charge in [-0.15, -0.1) is 0 Å². The van der Waals surface area contributed by atoms with Crippen LogP contribution in [-0.2, 0) is 9.59 Å². The summed E-state index contributed by atoms with van der Waals surface area (Å²) in [5.41, 5.74) is 2.53. The zero-order valence-corrected chi connectivity index (χ0v) is 15.6. The predicted octanol–water partition coefficient (Wildman–Crippen LogP) is 3.15. The van der Waals surface area contributed by atoms with E-state index >= 15 is 0 Å². The fraction of sp³-hybridized carbons (Fsp3) is 0.167. The van der Waals surface area contributed by atoms with Crippen molar-refractivity contribution in [3.63, 3.8) is 0 Å². The highest BCUT2D eigenvalue weighted by Gasteiger charge is 2.13. The number of nitro benzene ring substituents is 1. The third kappa shape index (κ3) is 6.69. The normalized spacial score (nSPS) is 10.9. The number of ether oxygens (including phenoxy) is 1. The van der Waals surface area contributed by atoms with Crippen LogP contribution in [0.25, 0.3) is 0 Å². The van der Waals surface area contributed by atoms with Gasteiger partial charge in [0.15, 0.2) is 6.61 Å². The molecule has 0 fully saturated rings. The zero-order chi connectivity index (χ0) is 20.5. The molecule has 0 radical (unpaired) electrons. The summed E-state index contributed by atoms with van der Waals surface area (Å²) in [6.07, 6.45) is -0.140. The predicted molar refractivity (Wildman–Crippen MR) is 105 cm³/mol. The highest BCUT2D eigenvalue weighted by molar-refractivity contribution is 6.33. The number of anilines is 1. The maximum absolute atomic E-state index is 12.1. The summed E-state index contributed by atoms with van der Waals surface area (Å²) in [4.78, 5) is 34.0. The molecule has 0 saturated carbocycles. The molecule has 2 aromatic carbocycles. The van der Waals surface area contributed by atoms with Gasteiger partial charge in [0.1, 0.15) is 5.75 Å². The first-order valence-electron chi connectivity index (χ1n) is 8.09. The zero-order valence-electron chi connectivity index (χ0n) is 14.8. The molecule has 10 heteroatoms. The lowest BCUT2D eigenvalue weighted by Crippen LogP contribution is -2.26. The number of benzene rings is 2. The van der Waals surface area contributed by atoms with E-state index in [1.807, 2.05) is 6.07 Å². The van der Waals surface area contributed by atoms with E-state index in [0.717, 1.165) is 6.07 Å². The van der Waals surface area contributed by atoms with E-state index < -0.39 is 16.7 Å². The summed E-state index contributed by atoms with van der Waals surface area (Å²) in [5, 5.41) is 17.3. The van der Waals surface area contributed by atoms with Crippen molar-refractivity contribution in [3.8, 4) is 5.75 Å². The Balaban J connectivity index is 1.83. The maximum Gasteiger partial charge on any atom is 0.277 e. The van der Waals surface area contributed by atoms with Gasteiger partial charge in [0.25, 0.3) is 11.6 Å². The number of nitrogens with one attached hydrogen (secondary N) is 2. The first-order chi connectivity index (χ1) is 13.3. The fourth-order valence-electron chi connectivity index (χ4n) is 2.04. The molecule has 2 amide bonds. The van der Waals surface area contributed by atoms with Crippen molar-refractivity contribution >= 4 is 40.5 Å². The smallest absolute Gasteiger partial charge is 0.277 e. The van der Waals surface area contributed by atoms with E-state index in [-0.39, 0.29) is 29.4 Å². The van der Waals surface area contributed by atoms with Crippen LogP contribution in [0.5, 0.6) is 5.75 Å². The molecule has 0 saturated heterocycles. The Labute approximate surface area is 165 Å². The molecule has 0 bridgehead atoms. The number of halogens is 1. The number of rotatable bonds is 8. The molecule has 0 atom stereocenters. The Morgan fingerprint density at radius 3 is 2.57 bits per heavy atom. The molecule has 0 aliphatic carbocycles. The van der Waals surface area contributed by atoms with Crippen LogP contribution in [0.3, 0.4) is 0 Å². The van der Waals surface area contributed by atoms with Gasteiger partial charge < -0.3 is 10.1 Å². The Hall–Kier alpha value is -3.46. The number of hydrogen-bond donors (Lipinski definition) is 2. The van der Waals surface area contributed by atoms with Gasteiger partial charge in [-0.2, -0.15) is 5.10 Å². The van der Waals surface area contributed by atoms with Crippen molar-refractivity contribution in [2.45, 2.75) is 13.3 Å². The number of non-ortho nitro benzene ring substituents is 1. The second kappa shape index (κ2) is 10.0. The van der Waals surface area contributed by atoms with Gasteiger partial charge in [-0.3, -0.25) is 19.7 Å². The van der Waals surface area contributed by atoms with Gasteiger partial charge in [-0.05, 0) is 25.1 Å². The second-order valence-corrected chi connectivity index (χ2v) is 6.04. The number of carbonyl (C=O) groups excluding carboxylic acids is 2. The largest absolute Gasteiger partial charge is 0.484 e. The number of nitrogens with zero attached hydrogens (tertiary/aromatic N) is 2. The Kier molecular flexibility index (Phi) is 7.46. The molecule has 2 N–H and O–H groups in total. The van der Waals surface area contributed by atoms with Gasteiger partial charge in [0.2, 0.25) is 5.91 Å². The van der Waals surface area contributed by atoms with Crippen molar-refractivity contribution in [2.75, 3.05) is 11.9 Å². The molecule has 28 heavy (non-hydrogen) atoms. The molecule has 0 heterocycles. The van der Waals surface area contributed by atoms with Crippen LogP contribution in [0.15, 0.2) is 53.6 Å². The summed E-state index contributed by atoms with van der Waals surface area (Å²) in [6.45, 7) is 1.32. The lowest BCUT2D eigenvalue weighted by molar-refractivity contribution is -0.384. The van der Waals surface area contributed by atoms with Crippen molar-refractivity contribution in [1.29, 1.82) is 0 Å². The van der Waals surface area contributed by atoms with Crippen LogP contribution >= 0.6 is 11.6 Å². The lowest BCUT2D eigenvalue weighted by atomic mass is 10.2. The van der Waals surface area contributed by atoms with Gasteiger partial charge in [0, 0.05) is 17.8 Å². The standard InChI is InChI=1S/C18H17ClN4O5/c1-12(21-22-18(25)11-28-14-5-3-2-4-6-14)9-17(24)20-16-10-13(23(26)27)7-8-15(16)19/h2-8,10H,9,11H2,1H3,(H,20,24)(H,22,25)/b21-12+. The number of para-hydroxylation sites is 1. The van der Waals surface area contributed by atoms with Gasteiger partial charge in [-0.25, -0.2) is 5.43 Å². The van der Waals surface area contributed by atoms with E-state index in [1.54, 1.807) is 31.2 Å². The maximum atomic E-state index is 12.1. The van der Waals surface area contributed by atoms with Crippen LogP contribution in [0.4, 0.5) is 11.4 Å². The first kappa shape index (κ1) is 20.8. The van der Waals surface area contributed by atoms with E-state index in [0.29, 0.717) is 11.5 Å². The topological polar surface area (TPSA) is 123 Å². The molecule has 2 aromatic rings. The lowest BCUT2D eigenvalue weighted by Gasteiger charge is -2.08. The van der Waals surface area contributed by atoms with Crippen LogP contribution in [0.1, 0.15) is 13.3 Å². The summed E-state index contributed by atoms with van der Waals surface area (Å²) < 4.78 is 5.27. The summed E-state index contributed by atoms with van der Waals surface area (Å²) >= 11 is 5.93. The highest BCUT2D eigenvalue weighted by atomic mass is 35.5. The quantitative estimate of drug-likeness (QED) is 0.397. The van der Waals surface area contributed by atoms with E-state index in [9.17, 15) is 19.7 Å². The molecular formula is C18H17ClN4O5. The molecule has 0 spiro atoms. The van der Waals surface area contributed by atoms with Crippen molar-refractivity contribution in [2.24, 2.45) is 5.10 Å². The van der Waals surface area contributed by atoms with Crippen LogP contribution in [0.2, 0.25) is 5.02 Å². The molecule has 2 rings (SSSR count). The van der Waals surface area contributed by atoms with Crippen LogP contribution in [0, 0.1) is 10.1 Å². The summed E-state index contributed by atoms with van der Waals surface area (Å²) in [6, 6.07) is 12.5. The number of hydrogen-bond acceptors (Lipinski definition) is 6. The Bertz CT molecular complexity index is 902. The minimum absolute atomic E-state index is 0.119. The van der Waals surface area contributed by atoms with Gasteiger partial charge in [-0.1, -0.05) is 29.8 Å². The Morgan fingerprint density at radius 2 is 1.89 bits per heavy atom. The second-order valence-electron chi connectivity index (χ2n) is 5.63. The van der Waals surface area contributed by atoms with Crippen molar-refractivity contribution < 1.29 is 19.2 Å². The Morgan fingerprint density at radius 1 is 1.18 bits per heavy atom. The van der Waals surface area contributed by atoms with E-state index in [4.69, 9.17) is 16.3 Å². The molecular weight excluding hydrogens is 388 g/mol. The fourth-order valence-corrected chi connectivity index (χ4v) is 2.21. The van der Waals surface area contributed by atoms with E-state index in [1.165, 1.54) is 12.1 Å². The van der Waals surface area contributed by atoms with E-state index in [2.05, 4.69) is 15.8 Å². The molecule has 0 aromatic heterocycles. The molecule has 0 aliphatic heterocycles. The number of nitro groups is 1. The third-order valence-electron chi connectivity index (χ3n) is 3.34. The number of amides is 2. The number of carbonyl (C=O) groups is 2. The average molecular weight is 405 g/mol. The van der Waals surface area contributed by atoms with Crippen LogP contribution < -0.4 is 15.5 Å². The average Bonchev–Trinajstić information content (AvgIpc) is 2.67. The molecule has 9 nitrogen and oxygen atoms in total. The number of hydrazone groups is 1. The third-order valence-corrected chi connectivity index (χ3v) is 3.67. The van der Waals surface area contributed by atoms with Gasteiger partial charge in [0.05, 0.1) is 22.1 Å². The highest BCUT2D eigenvalue weighted by Crippen LogP contribution is 2.26. The van der Waals surface area contributed by atoms with Crippen molar-refractivity contribution in [1.82, 2.24) is 5.43 Å². The van der Waals surface area contributed by atoms with Gasteiger partial charge >= 0.3 is 0 Å². The minimum atomic E-state index is -0.592. The minimum Gasteiger partial charge on any atom is -0.484 e. The molecule has 0 aliphatic rings. The van der Waals surface area contributed by atoms with Crippen molar-refractivity contribution in [3.05, 3.63) is 63.7 Å². The molecule has 0 unspecified atom stereocenters. The molecule has 146 valence electrons. The summed E-state index contributed by atoms with van der Waals surface area (Å²) in [5.74, 6) is -0.421.